The van der Waals surface area contributed by atoms with Crippen LogP contribution in [0.1, 0.15) is 18.9 Å². The molecule has 0 heterocycles. The number of rotatable bonds is 2. The fraction of sp³-hybridized carbons (Fsp3) is 0.273. The zero-order chi connectivity index (χ0) is 10.6. The van der Waals surface area contributed by atoms with Gasteiger partial charge in [-0.15, -0.1) is 0 Å². The monoisotopic (exact) mass is 204 g/mol. The lowest BCUT2D eigenvalue weighted by atomic mass is 9.81. The van der Waals surface area contributed by atoms with Gasteiger partial charge in [0, 0.05) is 5.02 Å². The summed E-state index contributed by atoms with van der Waals surface area (Å²) in [5.41, 5.74) is 0.0882. The van der Waals surface area contributed by atoms with Crippen molar-refractivity contribution in [2.45, 2.75) is 18.8 Å². The average Bonchev–Trinajstić information content (AvgIpc) is 2.19. The second kappa shape index (κ2) is 4.13. The minimum Gasteiger partial charge on any atom is -0.198 e. The smallest absolute Gasteiger partial charge is 0.0923 e. The van der Waals surface area contributed by atoms with Crippen LogP contribution in [0, 0.1) is 22.7 Å². The summed E-state index contributed by atoms with van der Waals surface area (Å²) in [5, 5.41) is 18.3. The van der Waals surface area contributed by atoms with E-state index in [0.717, 1.165) is 5.56 Å². The van der Waals surface area contributed by atoms with Gasteiger partial charge >= 0.3 is 0 Å². The Hall–Kier alpha value is -1.51. The molecule has 3 heteroatoms. The van der Waals surface area contributed by atoms with Crippen LogP contribution in [0.25, 0.3) is 0 Å². The molecule has 0 aromatic heterocycles. The lowest BCUT2D eigenvalue weighted by Gasteiger charge is -2.18. The first-order valence-corrected chi connectivity index (χ1v) is 4.54. The third-order valence-corrected chi connectivity index (χ3v) is 2.41. The van der Waals surface area contributed by atoms with Gasteiger partial charge in [0.2, 0.25) is 0 Å². The van der Waals surface area contributed by atoms with Crippen LogP contribution in [0.4, 0.5) is 0 Å². The maximum Gasteiger partial charge on any atom is 0.0923 e. The van der Waals surface area contributed by atoms with E-state index in [0.29, 0.717) is 5.02 Å². The van der Waals surface area contributed by atoms with E-state index < -0.39 is 5.41 Å². The van der Waals surface area contributed by atoms with Crippen LogP contribution in [-0.2, 0) is 5.41 Å². The average molecular weight is 205 g/mol. The summed E-state index contributed by atoms with van der Waals surface area (Å²) in [6.07, 6.45) is 0.186. The third-order valence-electron chi connectivity index (χ3n) is 2.16. The fourth-order valence-electron chi connectivity index (χ4n) is 1.18. The lowest BCUT2D eigenvalue weighted by molar-refractivity contribution is 0.628. The molecule has 0 amide bonds. The van der Waals surface area contributed by atoms with Crippen molar-refractivity contribution in [3.63, 3.8) is 0 Å². The van der Waals surface area contributed by atoms with Gasteiger partial charge in [-0.2, -0.15) is 10.5 Å². The highest BCUT2D eigenvalue weighted by molar-refractivity contribution is 6.30. The summed E-state index contributed by atoms with van der Waals surface area (Å²) in [6, 6.07) is 11.2. The summed E-state index contributed by atoms with van der Waals surface area (Å²) < 4.78 is 0. The maximum atomic E-state index is 9.01. The van der Waals surface area contributed by atoms with E-state index in [-0.39, 0.29) is 6.42 Å². The zero-order valence-electron chi connectivity index (χ0n) is 7.79. The predicted molar refractivity (Wildman–Crippen MR) is 54.6 cm³/mol. The summed E-state index contributed by atoms with van der Waals surface area (Å²) >= 11 is 5.73. The molecule has 14 heavy (non-hydrogen) atoms. The van der Waals surface area contributed by atoms with Crippen molar-refractivity contribution in [1.82, 2.24) is 0 Å². The van der Waals surface area contributed by atoms with Crippen molar-refractivity contribution < 1.29 is 0 Å². The van der Waals surface area contributed by atoms with Gasteiger partial charge in [-0.1, -0.05) is 23.7 Å². The molecule has 1 aromatic carbocycles. The van der Waals surface area contributed by atoms with Gasteiger partial charge in [-0.3, -0.25) is 0 Å². The lowest BCUT2D eigenvalue weighted by Crippen LogP contribution is -2.18. The van der Waals surface area contributed by atoms with Gasteiger partial charge in [0.1, 0.15) is 0 Å². The highest BCUT2D eigenvalue weighted by Crippen LogP contribution is 2.27. The first-order valence-electron chi connectivity index (χ1n) is 4.16. The summed E-state index contributed by atoms with van der Waals surface area (Å²) in [5.74, 6) is 0. The molecule has 0 spiro atoms. The zero-order valence-corrected chi connectivity index (χ0v) is 8.54. The van der Waals surface area contributed by atoms with E-state index in [1.54, 1.807) is 31.2 Å². The second-order valence-corrected chi connectivity index (χ2v) is 3.72. The normalized spacial score (nSPS) is 13.7. The van der Waals surface area contributed by atoms with Gasteiger partial charge in [-0.25, -0.2) is 0 Å². The van der Waals surface area contributed by atoms with Gasteiger partial charge in [0.15, 0.2) is 0 Å². The van der Waals surface area contributed by atoms with Gasteiger partial charge < -0.3 is 0 Å². The molecule has 70 valence electrons. The van der Waals surface area contributed by atoms with Crippen molar-refractivity contribution >= 4 is 11.6 Å². The topological polar surface area (TPSA) is 47.6 Å². The molecule has 0 bridgehead atoms. The van der Waals surface area contributed by atoms with Crippen LogP contribution < -0.4 is 0 Å². The predicted octanol–water partition coefficient (Wildman–Crippen LogP) is 3.03. The van der Waals surface area contributed by atoms with Crippen LogP contribution >= 0.6 is 11.6 Å². The largest absolute Gasteiger partial charge is 0.198 e. The molecule has 0 N–H and O–H groups in total. The Bertz CT molecular complexity index is 397. The van der Waals surface area contributed by atoms with E-state index in [2.05, 4.69) is 6.07 Å². The molecule has 0 saturated carbocycles. The van der Waals surface area contributed by atoms with Crippen LogP contribution in [0.2, 0.25) is 5.02 Å². The van der Waals surface area contributed by atoms with Crippen LogP contribution in [0.3, 0.4) is 0 Å². The molecule has 1 rings (SSSR count). The molecule has 0 fully saturated rings. The molecule has 1 aromatic rings. The van der Waals surface area contributed by atoms with E-state index in [1.807, 2.05) is 6.07 Å². The van der Waals surface area contributed by atoms with E-state index in [4.69, 9.17) is 22.1 Å². The first kappa shape index (κ1) is 10.6. The van der Waals surface area contributed by atoms with Crippen LogP contribution in [-0.4, -0.2) is 0 Å². The van der Waals surface area contributed by atoms with Crippen molar-refractivity contribution in [3.8, 4) is 12.1 Å². The van der Waals surface area contributed by atoms with Crippen LogP contribution in [0.5, 0.6) is 0 Å². The number of hydrogen-bond acceptors (Lipinski definition) is 2. The number of nitriles is 2. The van der Waals surface area contributed by atoms with E-state index in [9.17, 15) is 0 Å². The molecule has 0 aliphatic rings. The van der Waals surface area contributed by atoms with E-state index >= 15 is 0 Å². The second-order valence-electron chi connectivity index (χ2n) is 3.29. The molecule has 0 saturated heterocycles. The Balaban J connectivity index is 3.09. The highest BCUT2D eigenvalue weighted by Gasteiger charge is 2.25. The maximum absolute atomic E-state index is 9.01. The van der Waals surface area contributed by atoms with Crippen molar-refractivity contribution in [2.75, 3.05) is 0 Å². The highest BCUT2D eigenvalue weighted by atomic mass is 35.5. The quantitative estimate of drug-likeness (QED) is 0.744. The molecule has 0 aliphatic carbocycles. The Labute approximate surface area is 88.3 Å². The molecule has 0 radical (unpaired) electrons. The number of nitrogens with zero attached hydrogens (tertiary/aromatic N) is 2. The summed E-state index contributed by atoms with van der Waals surface area (Å²) in [4.78, 5) is 0. The SMILES string of the molecule is CC(C#N)(CC#N)c1ccc(Cl)cc1. The van der Waals surface area contributed by atoms with E-state index in [1.165, 1.54) is 0 Å². The Morgan fingerprint density at radius 2 is 1.86 bits per heavy atom. The van der Waals surface area contributed by atoms with Crippen molar-refractivity contribution in [3.05, 3.63) is 34.9 Å². The molecule has 0 aliphatic heterocycles. The minimum absolute atomic E-state index is 0.186. The summed E-state index contributed by atoms with van der Waals surface area (Å²) in [6.45, 7) is 1.75. The standard InChI is InChI=1S/C11H9ClN2/c1-11(8-14,6-7-13)9-2-4-10(12)5-3-9/h2-5H,6H2,1H3. The molecule has 1 unspecified atom stereocenters. The fourth-order valence-corrected chi connectivity index (χ4v) is 1.31. The summed E-state index contributed by atoms with van der Waals surface area (Å²) in [7, 11) is 0. The minimum atomic E-state index is -0.737. The van der Waals surface area contributed by atoms with Gasteiger partial charge in [0.05, 0.1) is 24.0 Å². The van der Waals surface area contributed by atoms with Crippen LogP contribution in [0.15, 0.2) is 24.3 Å². The number of hydrogen-bond donors (Lipinski definition) is 0. The van der Waals surface area contributed by atoms with Crippen molar-refractivity contribution in [2.24, 2.45) is 0 Å². The first-order chi connectivity index (χ1) is 6.62. The molecule has 1 atom stereocenters. The molecular weight excluding hydrogens is 196 g/mol. The molecule has 2 nitrogen and oxygen atoms in total. The van der Waals surface area contributed by atoms with Gasteiger partial charge in [0.25, 0.3) is 0 Å². The Morgan fingerprint density at radius 1 is 1.29 bits per heavy atom. The Kier molecular flexibility index (Phi) is 3.12. The molecular formula is C11H9ClN2. The number of halogens is 1. The van der Waals surface area contributed by atoms with Crippen molar-refractivity contribution in [1.29, 1.82) is 10.5 Å². The third kappa shape index (κ3) is 2.05. The Morgan fingerprint density at radius 3 is 2.29 bits per heavy atom. The number of benzene rings is 1. The van der Waals surface area contributed by atoms with Gasteiger partial charge in [-0.05, 0) is 24.6 Å².